The second-order valence-electron chi connectivity index (χ2n) is 11.2. The molecule has 3 aromatic carbocycles. The van der Waals surface area contributed by atoms with Crippen molar-refractivity contribution in [3.8, 4) is 0 Å². The molecular formula is C33H39Cl2N3O4S. The molecule has 1 saturated carbocycles. The Hall–Kier alpha value is -3.07. The summed E-state index contributed by atoms with van der Waals surface area (Å²) in [6.45, 7) is 5.25. The Balaban J connectivity index is 1.73. The third kappa shape index (κ3) is 8.31. The van der Waals surface area contributed by atoms with Crippen LogP contribution in [0.25, 0.3) is 0 Å². The second kappa shape index (κ2) is 14.6. The quantitative estimate of drug-likeness (QED) is 0.242. The van der Waals surface area contributed by atoms with E-state index in [9.17, 15) is 18.0 Å². The summed E-state index contributed by atoms with van der Waals surface area (Å²) in [6, 6.07) is 17.8. The molecule has 0 aromatic heterocycles. The number of nitrogens with zero attached hydrogens (tertiary/aromatic N) is 2. The van der Waals surface area contributed by atoms with Gasteiger partial charge in [0.05, 0.1) is 15.6 Å². The fourth-order valence-corrected chi connectivity index (χ4v) is 7.24. The van der Waals surface area contributed by atoms with Gasteiger partial charge in [0.15, 0.2) is 0 Å². The van der Waals surface area contributed by atoms with Crippen LogP contribution in [0.3, 0.4) is 0 Å². The first-order chi connectivity index (χ1) is 20.5. The van der Waals surface area contributed by atoms with E-state index in [2.05, 4.69) is 5.32 Å². The summed E-state index contributed by atoms with van der Waals surface area (Å²) >= 11 is 12.8. The van der Waals surface area contributed by atoms with E-state index in [4.69, 9.17) is 23.2 Å². The van der Waals surface area contributed by atoms with Gasteiger partial charge in [0.1, 0.15) is 12.6 Å². The zero-order valence-corrected chi connectivity index (χ0v) is 27.2. The summed E-state index contributed by atoms with van der Waals surface area (Å²) < 4.78 is 29.1. The lowest BCUT2D eigenvalue weighted by molar-refractivity contribution is -0.140. The van der Waals surface area contributed by atoms with E-state index in [1.165, 1.54) is 29.2 Å². The Kier molecular flexibility index (Phi) is 11.2. The molecule has 0 spiro atoms. The highest BCUT2D eigenvalue weighted by Crippen LogP contribution is 2.33. The van der Waals surface area contributed by atoms with E-state index >= 15 is 0 Å². The lowest BCUT2D eigenvalue weighted by Gasteiger charge is -2.34. The van der Waals surface area contributed by atoms with Gasteiger partial charge in [-0.05, 0) is 69.0 Å². The fourth-order valence-electron chi connectivity index (χ4n) is 5.38. The Morgan fingerprint density at radius 3 is 2.12 bits per heavy atom. The Labute approximate surface area is 265 Å². The standard InChI is InChI=1S/C33H39Cl2N3O4S/c1-4-30(33(40)36-27-8-6-5-7-9-27)37(21-25-14-10-23(2)11-15-25)32(39)22-38(31-20-26(34)16-19-29(31)35)43(41,42)28-17-12-24(3)13-18-28/h10-20,27,30H,4-9,21-22H2,1-3H3,(H,36,40)/t30-/m1/s1. The number of anilines is 1. The average Bonchev–Trinajstić information content (AvgIpc) is 2.98. The van der Waals surface area contributed by atoms with Crippen molar-refractivity contribution in [3.63, 3.8) is 0 Å². The topological polar surface area (TPSA) is 86.8 Å². The van der Waals surface area contributed by atoms with Gasteiger partial charge in [-0.1, -0.05) is 96.9 Å². The van der Waals surface area contributed by atoms with Gasteiger partial charge >= 0.3 is 0 Å². The van der Waals surface area contributed by atoms with Crippen LogP contribution in [0, 0.1) is 13.8 Å². The normalized spacial score (nSPS) is 14.6. The van der Waals surface area contributed by atoms with Gasteiger partial charge in [0.2, 0.25) is 11.8 Å². The summed E-state index contributed by atoms with van der Waals surface area (Å²) in [5.41, 5.74) is 2.87. The zero-order valence-electron chi connectivity index (χ0n) is 24.9. The van der Waals surface area contributed by atoms with Crippen LogP contribution in [0.5, 0.6) is 0 Å². The SMILES string of the molecule is CC[C@H](C(=O)NC1CCCCC1)N(Cc1ccc(C)cc1)C(=O)CN(c1cc(Cl)ccc1Cl)S(=O)(=O)c1ccc(C)cc1. The molecule has 2 amide bonds. The molecule has 1 aliphatic carbocycles. The predicted octanol–water partition coefficient (Wildman–Crippen LogP) is 7.06. The van der Waals surface area contributed by atoms with Gasteiger partial charge in [-0.15, -0.1) is 0 Å². The maximum absolute atomic E-state index is 14.3. The van der Waals surface area contributed by atoms with Crippen LogP contribution in [0.1, 0.15) is 62.1 Å². The Bertz CT molecular complexity index is 1520. The zero-order chi connectivity index (χ0) is 31.1. The minimum atomic E-state index is -4.25. The molecule has 0 radical (unpaired) electrons. The van der Waals surface area contributed by atoms with Crippen LogP contribution >= 0.6 is 23.2 Å². The molecule has 3 aromatic rings. The maximum Gasteiger partial charge on any atom is 0.264 e. The number of hydrogen-bond acceptors (Lipinski definition) is 4. The van der Waals surface area contributed by atoms with Crippen molar-refractivity contribution in [1.29, 1.82) is 0 Å². The van der Waals surface area contributed by atoms with Gasteiger partial charge in [-0.3, -0.25) is 13.9 Å². The highest BCUT2D eigenvalue weighted by atomic mass is 35.5. The van der Waals surface area contributed by atoms with Crippen LogP contribution in [-0.4, -0.2) is 43.8 Å². The summed E-state index contributed by atoms with van der Waals surface area (Å²) in [6.07, 6.45) is 5.44. The van der Waals surface area contributed by atoms with Gasteiger partial charge in [-0.2, -0.15) is 0 Å². The number of sulfonamides is 1. The fraction of sp³-hybridized carbons (Fsp3) is 0.394. The first kappa shape index (κ1) is 32.8. The molecule has 1 atom stereocenters. The van der Waals surface area contributed by atoms with Gasteiger partial charge in [0.25, 0.3) is 10.0 Å². The summed E-state index contributed by atoms with van der Waals surface area (Å²) in [7, 11) is -4.25. The van der Waals surface area contributed by atoms with Crippen LogP contribution < -0.4 is 9.62 Å². The number of aryl methyl sites for hydroxylation is 2. The van der Waals surface area contributed by atoms with E-state index in [-0.39, 0.29) is 39.1 Å². The van der Waals surface area contributed by atoms with Gasteiger partial charge in [-0.25, -0.2) is 8.42 Å². The molecule has 43 heavy (non-hydrogen) atoms. The highest BCUT2D eigenvalue weighted by molar-refractivity contribution is 7.92. The molecule has 0 aliphatic heterocycles. The second-order valence-corrected chi connectivity index (χ2v) is 13.9. The number of benzene rings is 3. The van der Waals surface area contributed by atoms with Crippen molar-refractivity contribution >= 4 is 50.7 Å². The molecule has 0 saturated heterocycles. The molecular weight excluding hydrogens is 605 g/mol. The highest BCUT2D eigenvalue weighted by Gasteiger charge is 2.35. The number of halogens is 2. The smallest absolute Gasteiger partial charge is 0.264 e. The minimum absolute atomic E-state index is 0.00844. The number of rotatable bonds is 11. The van der Waals surface area contributed by atoms with E-state index < -0.39 is 28.5 Å². The summed E-state index contributed by atoms with van der Waals surface area (Å²) in [4.78, 5) is 29.4. The summed E-state index contributed by atoms with van der Waals surface area (Å²) in [5.74, 6) is -0.762. The van der Waals surface area contributed by atoms with Crippen molar-refractivity contribution < 1.29 is 18.0 Å². The number of nitrogens with one attached hydrogen (secondary N) is 1. The van der Waals surface area contributed by atoms with Crippen LogP contribution in [0.2, 0.25) is 10.0 Å². The van der Waals surface area contributed by atoms with Gasteiger partial charge in [0, 0.05) is 17.6 Å². The van der Waals surface area contributed by atoms with E-state index in [0.29, 0.717) is 6.42 Å². The lowest BCUT2D eigenvalue weighted by atomic mass is 9.95. The summed E-state index contributed by atoms with van der Waals surface area (Å²) in [5, 5.41) is 3.55. The first-order valence-corrected chi connectivity index (χ1v) is 16.9. The molecule has 1 N–H and O–H groups in total. The molecule has 1 aliphatic rings. The number of carbonyl (C=O) groups excluding carboxylic acids is 2. The average molecular weight is 645 g/mol. The van der Waals surface area contributed by atoms with Crippen LogP contribution in [-0.2, 0) is 26.2 Å². The minimum Gasteiger partial charge on any atom is -0.352 e. The van der Waals surface area contributed by atoms with Crippen LogP contribution in [0.15, 0.2) is 71.6 Å². The molecule has 1 fully saturated rings. The maximum atomic E-state index is 14.3. The monoisotopic (exact) mass is 643 g/mol. The largest absolute Gasteiger partial charge is 0.352 e. The van der Waals surface area contributed by atoms with Crippen molar-refractivity contribution in [1.82, 2.24) is 10.2 Å². The van der Waals surface area contributed by atoms with Crippen LogP contribution in [0.4, 0.5) is 5.69 Å². The molecule has 230 valence electrons. The van der Waals surface area contributed by atoms with Crippen molar-refractivity contribution in [2.75, 3.05) is 10.8 Å². The number of amides is 2. The predicted molar refractivity (Wildman–Crippen MR) is 173 cm³/mol. The Morgan fingerprint density at radius 1 is 0.907 bits per heavy atom. The molecule has 0 heterocycles. The molecule has 7 nitrogen and oxygen atoms in total. The van der Waals surface area contributed by atoms with E-state index in [1.54, 1.807) is 18.2 Å². The molecule has 0 unspecified atom stereocenters. The lowest BCUT2D eigenvalue weighted by Crippen LogP contribution is -2.54. The van der Waals surface area contributed by atoms with Crippen molar-refractivity contribution in [2.45, 2.75) is 82.8 Å². The first-order valence-electron chi connectivity index (χ1n) is 14.7. The third-order valence-corrected chi connectivity index (χ3v) is 10.2. The van der Waals surface area contributed by atoms with E-state index in [0.717, 1.165) is 53.1 Å². The van der Waals surface area contributed by atoms with Crippen molar-refractivity contribution in [3.05, 3.63) is 93.5 Å². The van der Waals surface area contributed by atoms with E-state index in [1.807, 2.05) is 45.0 Å². The number of hydrogen-bond donors (Lipinski definition) is 1. The molecule has 4 rings (SSSR count). The third-order valence-electron chi connectivity index (χ3n) is 7.88. The number of carbonyl (C=O) groups is 2. The molecule has 10 heteroatoms. The Morgan fingerprint density at radius 2 is 1.51 bits per heavy atom. The van der Waals surface area contributed by atoms with Crippen molar-refractivity contribution in [2.24, 2.45) is 0 Å². The molecule has 0 bridgehead atoms. The van der Waals surface area contributed by atoms with Gasteiger partial charge < -0.3 is 10.2 Å².